The number of rotatable bonds is 5. The summed E-state index contributed by atoms with van der Waals surface area (Å²) in [5, 5.41) is 12.4. The monoisotopic (exact) mass is 278 g/mol. The summed E-state index contributed by atoms with van der Waals surface area (Å²) in [7, 11) is 1.62. The van der Waals surface area contributed by atoms with Gasteiger partial charge in [0.05, 0.1) is 25.8 Å². The average molecular weight is 278 g/mol. The van der Waals surface area contributed by atoms with Gasteiger partial charge in [-0.05, 0) is 19.4 Å². The van der Waals surface area contributed by atoms with E-state index in [1.807, 2.05) is 36.1 Å². The molecule has 0 aromatic heterocycles. The second-order valence-electron chi connectivity index (χ2n) is 5.21. The van der Waals surface area contributed by atoms with Crippen LogP contribution in [0.4, 0.5) is 0 Å². The smallest absolute Gasteiger partial charge is 0.234 e. The van der Waals surface area contributed by atoms with Gasteiger partial charge in [-0.25, -0.2) is 0 Å². The van der Waals surface area contributed by atoms with Crippen molar-refractivity contribution in [3.05, 3.63) is 29.8 Å². The van der Waals surface area contributed by atoms with Gasteiger partial charge in [-0.2, -0.15) is 0 Å². The Labute approximate surface area is 119 Å². The Balaban J connectivity index is 1.90. The number of β-amino-alcohol motifs (C(OH)–C–C–N with tert-alkyl or cyclic N) is 1. The third-order valence-corrected chi connectivity index (χ3v) is 3.60. The van der Waals surface area contributed by atoms with Crippen LogP contribution in [0.2, 0.25) is 0 Å². The van der Waals surface area contributed by atoms with Crippen molar-refractivity contribution in [1.29, 1.82) is 0 Å². The summed E-state index contributed by atoms with van der Waals surface area (Å²) in [6.45, 7) is 3.62. The van der Waals surface area contributed by atoms with Crippen LogP contribution in [0.25, 0.3) is 0 Å². The fraction of sp³-hybridized carbons (Fsp3) is 0.533. The molecule has 0 radical (unpaired) electrons. The Bertz CT molecular complexity index is 464. The number of nitrogens with one attached hydrogen (secondary N) is 1. The fourth-order valence-electron chi connectivity index (χ4n) is 2.55. The second kappa shape index (κ2) is 6.72. The molecule has 20 heavy (non-hydrogen) atoms. The van der Waals surface area contributed by atoms with E-state index in [1.165, 1.54) is 0 Å². The highest BCUT2D eigenvalue weighted by atomic mass is 16.5. The van der Waals surface area contributed by atoms with Crippen LogP contribution in [0.15, 0.2) is 24.3 Å². The lowest BCUT2D eigenvalue weighted by Gasteiger charge is -2.19. The van der Waals surface area contributed by atoms with E-state index in [0.29, 0.717) is 13.1 Å². The van der Waals surface area contributed by atoms with E-state index in [2.05, 4.69) is 5.32 Å². The van der Waals surface area contributed by atoms with E-state index in [0.717, 1.165) is 24.3 Å². The van der Waals surface area contributed by atoms with Crippen molar-refractivity contribution >= 4 is 5.91 Å². The van der Waals surface area contributed by atoms with Crippen molar-refractivity contribution in [2.24, 2.45) is 0 Å². The van der Waals surface area contributed by atoms with E-state index < -0.39 is 0 Å². The van der Waals surface area contributed by atoms with Crippen molar-refractivity contribution in [2.75, 3.05) is 26.7 Å². The number of aliphatic hydroxyl groups excluding tert-OH is 1. The number of methoxy groups -OCH3 is 1. The number of amides is 1. The number of benzene rings is 1. The minimum atomic E-state index is -0.297. The van der Waals surface area contributed by atoms with E-state index in [4.69, 9.17) is 4.74 Å². The SMILES string of the molecule is COc1ccccc1C(C)NC(=O)CN1CC[C@H](O)C1. The number of carbonyl (C=O) groups excluding carboxylic acids is 1. The largest absolute Gasteiger partial charge is 0.496 e. The Morgan fingerprint density at radius 3 is 2.95 bits per heavy atom. The molecule has 0 saturated carbocycles. The summed E-state index contributed by atoms with van der Waals surface area (Å²) < 4.78 is 5.30. The first kappa shape index (κ1) is 14.8. The van der Waals surface area contributed by atoms with Crippen LogP contribution in [0, 0.1) is 0 Å². The molecule has 1 saturated heterocycles. The third kappa shape index (κ3) is 3.71. The van der Waals surface area contributed by atoms with Crippen LogP contribution in [-0.4, -0.2) is 48.8 Å². The molecule has 0 spiro atoms. The molecule has 1 unspecified atom stereocenters. The molecule has 0 aliphatic carbocycles. The minimum absolute atomic E-state index is 0.0301. The van der Waals surface area contributed by atoms with Crippen LogP contribution >= 0.6 is 0 Å². The quantitative estimate of drug-likeness (QED) is 0.841. The molecule has 1 fully saturated rings. The molecular weight excluding hydrogens is 256 g/mol. The molecule has 2 rings (SSSR count). The number of ether oxygens (including phenoxy) is 1. The van der Waals surface area contributed by atoms with Crippen LogP contribution < -0.4 is 10.1 Å². The predicted octanol–water partition coefficient (Wildman–Crippen LogP) is 0.939. The number of aliphatic hydroxyl groups is 1. The second-order valence-corrected chi connectivity index (χ2v) is 5.21. The molecule has 1 aliphatic heterocycles. The molecule has 2 N–H and O–H groups in total. The Morgan fingerprint density at radius 2 is 2.30 bits per heavy atom. The van der Waals surface area contributed by atoms with Crippen molar-refractivity contribution < 1.29 is 14.6 Å². The lowest BCUT2D eigenvalue weighted by molar-refractivity contribution is -0.122. The number of hydrogen-bond donors (Lipinski definition) is 2. The van der Waals surface area contributed by atoms with Crippen LogP contribution in [0.5, 0.6) is 5.75 Å². The molecule has 1 aromatic rings. The summed E-state index contributed by atoms with van der Waals surface area (Å²) in [5.74, 6) is 0.745. The standard InChI is InChI=1S/C15H22N2O3/c1-11(13-5-3-4-6-14(13)20-2)16-15(19)10-17-8-7-12(18)9-17/h3-6,11-12,18H,7-10H2,1-2H3,(H,16,19)/t11?,12-/m0/s1. The first-order chi connectivity index (χ1) is 9.60. The highest BCUT2D eigenvalue weighted by molar-refractivity contribution is 5.78. The number of para-hydroxylation sites is 1. The van der Waals surface area contributed by atoms with Gasteiger partial charge in [0.15, 0.2) is 0 Å². The van der Waals surface area contributed by atoms with Crippen molar-refractivity contribution in [3.63, 3.8) is 0 Å². The first-order valence-electron chi connectivity index (χ1n) is 6.93. The third-order valence-electron chi connectivity index (χ3n) is 3.60. The van der Waals surface area contributed by atoms with Gasteiger partial charge >= 0.3 is 0 Å². The summed E-state index contributed by atoms with van der Waals surface area (Å²) in [6, 6.07) is 7.56. The lowest BCUT2D eigenvalue weighted by atomic mass is 10.1. The molecule has 1 heterocycles. The van der Waals surface area contributed by atoms with Crippen LogP contribution in [0.1, 0.15) is 24.9 Å². The predicted molar refractivity (Wildman–Crippen MR) is 76.6 cm³/mol. The van der Waals surface area contributed by atoms with Crippen molar-refractivity contribution in [1.82, 2.24) is 10.2 Å². The van der Waals surface area contributed by atoms with Gasteiger partial charge < -0.3 is 15.2 Å². The van der Waals surface area contributed by atoms with Gasteiger partial charge in [-0.3, -0.25) is 9.69 Å². The van der Waals surface area contributed by atoms with Gasteiger partial charge in [0.2, 0.25) is 5.91 Å². The summed E-state index contributed by atoms with van der Waals surface area (Å²) >= 11 is 0. The average Bonchev–Trinajstić information content (AvgIpc) is 2.83. The number of nitrogens with zero attached hydrogens (tertiary/aromatic N) is 1. The van der Waals surface area contributed by atoms with Crippen LogP contribution in [0.3, 0.4) is 0 Å². The maximum Gasteiger partial charge on any atom is 0.234 e. The molecular formula is C15H22N2O3. The Kier molecular flexibility index (Phi) is 4.98. The lowest BCUT2D eigenvalue weighted by Crippen LogP contribution is -2.37. The maximum atomic E-state index is 12.0. The van der Waals surface area contributed by atoms with Crippen LogP contribution in [-0.2, 0) is 4.79 Å². The zero-order valence-electron chi connectivity index (χ0n) is 12.0. The van der Waals surface area contributed by atoms with Gasteiger partial charge in [-0.15, -0.1) is 0 Å². The summed E-state index contributed by atoms with van der Waals surface area (Å²) in [5.41, 5.74) is 0.963. The Morgan fingerprint density at radius 1 is 1.55 bits per heavy atom. The summed E-state index contributed by atoms with van der Waals surface area (Å²) in [4.78, 5) is 14.0. The molecule has 5 nitrogen and oxygen atoms in total. The van der Waals surface area contributed by atoms with Gasteiger partial charge in [0.1, 0.15) is 5.75 Å². The molecule has 5 heteroatoms. The maximum absolute atomic E-state index is 12.0. The fourth-order valence-corrected chi connectivity index (χ4v) is 2.55. The zero-order chi connectivity index (χ0) is 14.5. The van der Waals surface area contributed by atoms with Gasteiger partial charge in [0.25, 0.3) is 0 Å². The highest BCUT2D eigenvalue weighted by Gasteiger charge is 2.23. The van der Waals surface area contributed by atoms with Gasteiger partial charge in [0, 0.05) is 18.7 Å². The normalized spacial score (nSPS) is 20.6. The highest BCUT2D eigenvalue weighted by Crippen LogP contribution is 2.24. The van der Waals surface area contributed by atoms with E-state index in [9.17, 15) is 9.90 Å². The first-order valence-corrected chi connectivity index (χ1v) is 6.93. The zero-order valence-corrected chi connectivity index (χ0v) is 12.0. The van der Waals surface area contributed by atoms with E-state index in [1.54, 1.807) is 7.11 Å². The molecule has 1 amide bonds. The van der Waals surface area contributed by atoms with Crippen molar-refractivity contribution in [3.8, 4) is 5.75 Å². The van der Waals surface area contributed by atoms with Gasteiger partial charge in [-0.1, -0.05) is 18.2 Å². The Hall–Kier alpha value is -1.59. The van der Waals surface area contributed by atoms with Crippen molar-refractivity contribution in [2.45, 2.75) is 25.5 Å². The molecule has 110 valence electrons. The number of hydrogen-bond acceptors (Lipinski definition) is 4. The molecule has 1 aliphatic rings. The molecule has 0 bridgehead atoms. The number of carbonyl (C=O) groups is 1. The molecule has 1 aromatic carbocycles. The number of likely N-dealkylation sites (tertiary alicyclic amines) is 1. The summed E-state index contributed by atoms with van der Waals surface area (Å²) in [6.07, 6.45) is 0.449. The van der Waals surface area contributed by atoms with E-state index in [-0.39, 0.29) is 18.1 Å². The minimum Gasteiger partial charge on any atom is -0.496 e. The van der Waals surface area contributed by atoms with E-state index >= 15 is 0 Å². The molecule has 2 atom stereocenters. The topological polar surface area (TPSA) is 61.8 Å².